The molecule has 1 saturated heterocycles. The Morgan fingerprint density at radius 1 is 1.22 bits per heavy atom. The number of primary amides is 1. The first-order chi connectivity index (χ1) is 10.8. The summed E-state index contributed by atoms with van der Waals surface area (Å²) in [6, 6.07) is -1.59. The maximum Gasteiger partial charge on any atom is 0.246 e. The monoisotopic (exact) mass is 326 g/mol. The Morgan fingerprint density at radius 2 is 1.87 bits per heavy atom. The van der Waals surface area contributed by atoms with Gasteiger partial charge in [-0.1, -0.05) is 13.8 Å². The molecule has 1 fully saturated rings. The first-order valence-electron chi connectivity index (χ1n) is 7.86. The van der Waals surface area contributed by atoms with Crippen molar-refractivity contribution in [2.24, 2.45) is 11.7 Å². The van der Waals surface area contributed by atoms with Gasteiger partial charge in [0.1, 0.15) is 12.1 Å². The van der Waals surface area contributed by atoms with E-state index in [-0.39, 0.29) is 30.6 Å². The van der Waals surface area contributed by atoms with Crippen molar-refractivity contribution >= 4 is 23.6 Å². The van der Waals surface area contributed by atoms with Crippen molar-refractivity contribution in [3.8, 4) is 0 Å². The van der Waals surface area contributed by atoms with Crippen LogP contribution in [0.4, 0.5) is 0 Å². The van der Waals surface area contributed by atoms with Crippen LogP contribution in [0, 0.1) is 5.92 Å². The Balaban J connectivity index is 2.84. The molecule has 1 aliphatic heterocycles. The zero-order chi connectivity index (χ0) is 17.6. The second-order valence-electron chi connectivity index (χ2n) is 6.19. The summed E-state index contributed by atoms with van der Waals surface area (Å²) in [6.07, 6.45) is 1.24. The highest BCUT2D eigenvalue weighted by atomic mass is 16.2. The van der Waals surface area contributed by atoms with Crippen molar-refractivity contribution in [1.82, 2.24) is 15.5 Å². The average molecular weight is 326 g/mol. The van der Waals surface area contributed by atoms with Gasteiger partial charge in [0.25, 0.3) is 0 Å². The Hall–Kier alpha value is -2.12. The van der Waals surface area contributed by atoms with E-state index >= 15 is 0 Å². The summed E-state index contributed by atoms with van der Waals surface area (Å²) in [7, 11) is 1.51. The summed E-state index contributed by atoms with van der Waals surface area (Å²) in [5.41, 5.74) is 5.19. The minimum atomic E-state index is -1.02. The highest BCUT2D eigenvalue weighted by Crippen LogP contribution is 2.19. The highest BCUT2D eigenvalue weighted by molar-refractivity contribution is 5.95. The normalized spacial score (nSPS) is 18.6. The van der Waals surface area contributed by atoms with E-state index in [1.54, 1.807) is 0 Å². The van der Waals surface area contributed by atoms with Crippen LogP contribution in [0.1, 0.15) is 39.5 Å². The van der Waals surface area contributed by atoms with Crippen LogP contribution in [0.3, 0.4) is 0 Å². The molecule has 4 N–H and O–H groups in total. The second kappa shape index (κ2) is 8.50. The minimum Gasteiger partial charge on any atom is -0.370 e. The van der Waals surface area contributed by atoms with Crippen LogP contribution in [0.5, 0.6) is 0 Å². The molecule has 0 spiro atoms. The molecule has 4 amide bonds. The van der Waals surface area contributed by atoms with Gasteiger partial charge in [0.05, 0.1) is 6.42 Å². The highest BCUT2D eigenvalue weighted by Gasteiger charge is 2.37. The predicted octanol–water partition coefficient (Wildman–Crippen LogP) is -0.870. The van der Waals surface area contributed by atoms with Crippen LogP contribution in [0.2, 0.25) is 0 Å². The molecule has 0 aromatic carbocycles. The molecule has 1 heterocycles. The van der Waals surface area contributed by atoms with E-state index in [9.17, 15) is 19.2 Å². The van der Waals surface area contributed by atoms with Gasteiger partial charge in [0.15, 0.2) is 0 Å². The predicted molar refractivity (Wildman–Crippen MR) is 84.0 cm³/mol. The summed E-state index contributed by atoms with van der Waals surface area (Å²) < 4.78 is 0. The van der Waals surface area contributed by atoms with Gasteiger partial charge >= 0.3 is 0 Å². The molecule has 0 bridgehead atoms. The first-order valence-corrected chi connectivity index (χ1v) is 7.86. The third-order valence-electron chi connectivity index (χ3n) is 3.72. The fourth-order valence-electron chi connectivity index (χ4n) is 2.70. The van der Waals surface area contributed by atoms with Gasteiger partial charge in [-0.05, 0) is 18.8 Å². The number of likely N-dealkylation sites (N-methyl/N-ethyl adjacent to an activating group) is 1. The van der Waals surface area contributed by atoms with Crippen molar-refractivity contribution in [3.63, 3.8) is 0 Å². The van der Waals surface area contributed by atoms with E-state index in [4.69, 9.17) is 5.73 Å². The molecule has 8 nitrogen and oxygen atoms in total. The standard InChI is InChI=1S/C15H26N4O4/c1-9(2)7-13(21)18-10(8-12(16)20)15(23)19-6-4-5-11(19)14(22)17-3/h9-11H,4-8H2,1-3H3,(H2,16,20)(H,17,22)(H,18,21)/t10?,11-/m0/s1. The molecule has 0 aromatic heterocycles. The Kier molecular flexibility index (Phi) is 6.99. The summed E-state index contributed by atoms with van der Waals surface area (Å²) in [6.45, 7) is 4.19. The molecule has 1 rings (SSSR count). The fourth-order valence-corrected chi connectivity index (χ4v) is 2.70. The van der Waals surface area contributed by atoms with Crippen molar-refractivity contribution in [3.05, 3.63) is 0 Å². The number of hydrogen-bond acceptors (Lipinski definition) is 4. The smallest absolute Gasteiger partial charge is 0.246 e. The van der Waals surface area contributed by atoms with Gasteiger partial charge in [-0.15, -0.1) is 0 Å². The van der Waals surface area contributed by atoms with E-state index in [0.717, 1.165) is 0 Å². The maximum absolute atomic E-state index is 12.7. The lowest BCUT2D eigenvalue weighted by Gasteiger charge is -2.28. The summed E-state index contributed by atoms with van der Waals surface area (Å²) in [4.78, 5) is 49.1. The quantitative estimate of drug-likeness (QED) is 0.563. The van der Waals surface area contributed by atoms with Gasteiger partial charge < -0.3 is 21.3 Å². The molecule has 130 valence electrons. The number of carbonyl (C=O) groups is 4. The van der Waals surface area contributed by atoms with Crippen LogP contribution in [0.25, 0.3) is 0 Å². The summed E-state index contributed by atoms with van der Waals surface area (Å²) >= 11 is 0. The molecule has 1 unspecified atom stereocenters. The van der Waals surface area contributed by atoms with Gasteiger partial charge in [-0.2, -0.15) is 0 Å². The van der Waals surface area contributed by atoms with Crippen molar-refractivity contribution in [1.29, 1.82) is 0 Å². The molecule has 8 heteroatoms. The van der Waals surface area contributed by atoms with Crippen molar-refractivity contribution < 1.29 is 19.2 Å². The SMILES string of the molecule is CNC(=O)[C@@H]1CCCN1C(=O)C(CC(N)=O)NC(=O)CC(C)C. The third kappa shape index (κ3) is 5.54. The molecule has 0 radical (unpaired) electrons. The lowest BCUT2D eigenvalue weighted by atomic mass is 10.1. The van der Waals surface area contributed by atoms with E-state index in [1.165, 1.54) is 11.9 Å². The molecule has 1 aliphatic rings. The third-order valence-corrected chi connectivity index (χ3v) is 3.72. The zero-order valence-electron chi connectivity index (χ0n) is 13.9. The van der Waals surface area contributed by atoms with Gasteiger partial charge in [0.2, 0.25) is 23.6 Å². The summed E-state index contributed by atoms with van der Waals surface area (Å²) in [5.74, 6) is -1.54. The number of likely N-dealkylation sites (tertiary alicyclic amines) is 1. The molecular weight excluding hydrogens is 300 g/mol. The van der Waals surface area contributed by atoms with Crippen LogP contribution in [0.15, 0.2) is 0 Å². The number of nitrogens with zero attached hydrogens (tertiary/aromatic N) is 1. The average Bonchev–Trinajstić information content (AvgIpc) is 2.92. The lowest BCUT2D eigenvalue weighted by molar-refractivity contribution is -0.142. The number of nitrogens with one attached hydrogen (secondary N) is 2. The second-order valence-corrected chi connectivity index (χ2v) is 6.19. The van der Waals surface area contributed by atoms with Crippen LogP contribution in [-0.4, -0.2) is 54.2 Å². The molecule has 2 atom stereocenters. The molecule has 0 aromatic rings. The maximum atomic E-state index is 12.7. The van der Waals surface area contributed by atoms with Crippen molar-refractivity contribution in [2.45, 2.75) is 51.6 Å². The van der Waals surface area contributed by atoms with Gasteiger partial charge in [-0.25, -0.2) is 0 Å². The number of amides is 4. The topological polar surface area (TPSA) is 122 Å². The molecule has 23 heavy (non-hydrogen) atoms. The molecular formula is C15H26N4O4. The number of nitrogens with two attached hydrogens (primary N) is 1. The zero-order valence-corrected chi connectivity index (χ0v) is 13.9. The van der Waals surface area contributed by atoms with E-state index < -0.39 is 23.9 Å². The number of rotatable bonds is 7. The van der Waals surface area contributed by atoms with E-state index in [0.29, 0.717) is 19.4 Å². The minimum absolute atomic E-state index is 0.129. The van der Waals surface area contributed by atoms with Gasteiger partial charge in [-0.3, -0.25) is 19.2 Å². The molecule has 0 saturated carbocycles. The van der Waals surface area contributed by atoms with Crippen LogP contribution < -0.4 is 16.4 Å². The van der Waals surface area contributed by atoms with Crippen LogP contribution >= 0.6 is 0 Å². The first kappa shape index (κ1) is 18.9. The van der Waals surface area contributed by atoms with Crippen LogP contribution in [-0.2, 0) is 19.2 Å². The Bertz CT molecular complexity index is 478. The van der Waals surface area contributed by atoms with E-state index in [2.05, 4.69) is 10.6 Å². The van der Waals surface area contributed by atoms with Crippen molar-refractivity contribution in [2.75, 3.05) is 13.6 Å². The Morgan fingerprint density at radius 3 is 2.39 bits per heavy atom. The lowest BCUT2D eigenvalue weighted by Crippen LogP contribution is -2.54. The van der Waals surface area contributed by atoms with E-state index in [1.807, 2.05) is 13.8 Å². The van der Waals surface area contributed by atoms with Gasteiger partial charge in [0, 0.05) is 20.0 Å². The number of carbonyl (C=O) groups excluding carboxylic acids is 4. The number of hydrogen-bond donors (Lipinski definition) is 3. The summed E-state index contributed by atoms with van der Waals surface area (Å²) in [5, 5.41) is 5.10. The molecule has 0 aliphatic carbocycles. The Labute approximate surface area is 136 Å². The largest absolute Gasteiger partial charge is 0.370 e. The fraction of sp³-hybridized carbons (Fsp3) is 0.733.